The van der Waals surface area contributed by atoms with E-state index in [1.54, 1.807) is 6.33 Å². The molecule has 1 rings (SSSR count). The minimum atomic E-state index is 0.215. The van der Waals surface area contributed by atoms with Gasteiger partial charge in [-0.05, 0) is 19.8 Å². The van der Waals surface area contributed by atoms with Crippen LogP contribution in [0.2, 0.25) is 0 Å². The van der Waals surface area contributed by atoms with E-state index in [4.69, 9.17) is 5.73 Å². The number of hydrogen-bond acceptors (Lipinski definition) is 5. The number of nitrogens with two attached hydrogens (primary N) is 1. The highest BCUT2D eigenvalue weighted by molar-refractivity contribution is 5.46. The van der Waals surface area contributed by atoms with Gasteiger partial charge in [-0.25, -0.2) is 9.97 Å². The van der Waals surface area contributed by atoms with Gasteiger partial charge in [-0.2, -0.15) is 0 Å². The van der Waals surface area contributed by atoms with Crippen molar-refractivity contribution in [3.63, 3.8) is 0 Å². The van der Waals surface area contributed by atoms with E-state index >= 15 is 0 Å². The van der Waals surface area contributed by atoms with Crippen LogP contribution >= 0.6 is 0 Å². The van der Waals surface area contributed by atoms with Crippen LogP contribution in [-0.2, 0) is 0 Å². The first-order chi connectivity index (χ1) is 7.72. The van der Waals surface area contributed by atoms with Gasteiger partial charge in [-0.15, -0.1) is 0 Å². The normalized spacial score (nSPS) is 12.2. The molecule has 0 radical (unpaired) electrons. The van der Waals surface area contributed by atoms with Crippen molar-refractivity contribution in [3.05, 3.63) is 12.4 Å². The van der Waals surface area contributed by atoms with Crippen LogP contribution in [0, 0.1) is 0 Å². The van der Waals surface area contributed by atoms with Crippen LogP contribution in [0.4, 0.5) is 11.6 Å². The first kappa shape index (κ1) is 12.7. The zero-order chi connectivity index (χ0) is 11.8. The fourth-order valence-electron chi connectivity index (χ4n) is 1.23. The van der Waals surface area contributed by atoms with Gasteiger partial charge in [0, 0.05) is 25.2 Å². The molecule has 1 unspecified atom stereocenters. The van der Waals surface area contributed by atoms with Crippen molar-refractivity contribution < 1.29 is 0 Å². The Labute approximate surface area is 96.9 Å². The van der Waals surface area contributed by atoms with Crippen molar-refractivity contribution in [1.29, 1.82) is 0 Å². The highest BCUT2D eigenvalue weighted by Gasteiger charge is 1.98. The van der Waals surface area contributed by atoms with E-state index < -0.39 is 0 Å². The van der Waals surface area contributed by atoms with Crippen molar-refractivity contribution in [3.8, 4) is 0 Å². The van der Waals surface area contributed by atoms with Crippen molar-refractivity contribution in [2.24, 2.45) is 5.73 Å². The number of nitrogens with one attached hydrogen (secondary N) is 2. The third-order valence-corrected chi connectivity index (χ3v) is 2.13. The summed E-state index contributed by atoms with van der Waals surface area (Å²) in [6.45, 7) is 5.88. The molecule has 1 aromatic rings. The van der Waals surface area contributed by atoms with E-state index in [0.717, 1.165) is 37.6 Å². The molecule has 0 saturated carbocycles. The molecule has 90 valence electrons. The standard InChI is InChI=1S/C11H21N5/c1-3-5-13-10-7-11(16-8-15-10)14-6-4-9(2)12/h7-9H,3-6,12H2,1-2H3,(H2,13,14,15,16). The van der Waals surface area contributed by atoms with Crippen molar-refractivity contribution >= 4 is 11.6 Å². The van der Waals surface area contributed by atoms with Gasteiger partial charge >= 0.3 is 0 Å². The summed E-state index contributed by atoms with van der Waals surface area (Å²) in [4.78, 5) is 8.27. The Hall–Kier alpha value is -1.36. The highest BCUT2D eigenvalue weighted by atomic mass is 15.1. The van der Waals surface area contributed by atoms with Crippen LogP contribution in [-0.4, -0.2) is 29.1 Å². The molecule has 0 fully saturated rings. The first-order valence-electron chi connectivity index (χ1n) is 5.77. The molecular weight excluding hydrogens is 202 g/mol. The average Bonchev–Trinajstić information content (AvgIpc) is 2.26. The topological polar surface area (TPSA) is 75.9 Å². The van der Waals surface area contributed by atoms with Gasteiger partial charge in [-0.1, -0.05) is 6.92 Å². The molecule has 0 bridgehead atoms. The molecule has 0 aliphatic rings. The summed E-state index contributed by atoms with van der Waals surface area (Å²) in [6.07, 6.45) is 3.57. The molecule has 4 N–H and O–H groups in total. The molecule has 16 heavy (non-hydrogen) atoms. The van der Waals surface area contributed by atoms with E-state index in [1.165, 1.54) is 0 Å². The molecule has 0 aliphatic carbocycles. The zero-order valence-corrected chi connectivity index (χ0v) is 10.0. The van der Waals surface area contributed by atoms with Crippen molar-refractivity contribution in [1.82, 2.24) is 9.97 Å². The lowest BCUT2D eigenvalue weighted by atomic mass is 10.2. The van der Waals surface area contributed by atoms with Crippen molar-refractivity contribution in [2.75, 3.05) is 23.7 Å². The Balaban J connectivity index is 2.40. The van der Waals surface area contributed by atoms with Gasteiger partial charge in [0.25, 0.3) is 0 Å². The summed E-state index contributed by atoms with van der Waals surface area (Å²) in [7, 11) is 0. The third kappa shape index (κ3) is 4.93. The van der Waals surface area contributed by atoms with Crippen LogP contribution < -0.4 is 16.4 Å². The first-order valence-corrected chi connectivity index (χ1v) is 5.77. The molecule has 0 aromatic carbocycles. The molecule has 0 spiro atoms. The lowest BCUT2D eigenvalue weighted by Crippen LogP contribution is -2.19. The van der Waals surface area contributed by atoms with Crippen LogP contribution in [0.1, 0.15) is 26.7 Å². The van der Waals surface area contributed by atoms with Crippen LogP contribution in [0.5, 0.6) is 0 Å². The van der Waals surface area contributed by atoms with Gasteiger partial charge in [-0.3, -0.25) is 0 Å². The highest BCUT2D eigenvalue weighted by Crippen LogP contribution is 2.08. The van der Waals surface area contributed by atoms with E-state index in [1.807, 2.05) is 13.0 Å². The molecule has 0 amide bonds. The molecule has 5 nitrogen and oxygen atoms in total. The predicted octanol–water partition coefficient (Wildman–Crippen LogP) is 1.45. The molecule has 1 atom stereocenters. The maximum atomic E-state index is 5.67. The second kappa shape index (κ2) is 7.00. The number of nitrogens with zero attached hydrogens (tertiary/aromatic N) is 2. The maximum Gasteiger partial charge on any atom is 0.131 e. The van der Waals surface area contributed by atoms with Gasteiger partial charge < -0.3 is 16.4 Å². The Morgan fingerprint density at radius 3 is 2.44 bits per heavy atom. The monoisotopic (exact) mass is 223 g/mol. The molecule has 0 aliphatic heterocycles. The Morgan fingerprint density at radius 2 is 1.88 bits per heavy atom. The smallest absolute Gasteiger partial charge is 0.131 e. The predicted molar refractivity (Wildman–Crippen MR) is 67.6 cm³/mol. The van der Waals surface area contributed by atoms with Gasteiger partial charge in [0.1, 0.15) is 18.0 Å². The van der Waals surface area contributed by atoms with Crippen LogP contribution in [0.25, 0.3) is 0 Å². The number of rotatable bonds is 7. The SMILES string of the molecule is CCCNc1cc(NCCC(C)N)ncn1. The molecular formula is C11H21N5. The zero-order valence-electron chi connectivity index (χ0n) is 10.0. The lowest BCUT2D eigenvalue weighted by Gasteiger charge is -2.09. The molecule has 0 saturated heterocycles. The maximum absolute atomic E-state index is 5.67. The Bertz CT molecular complexity index is 300. The van der Waals surface area contributed by atoms with E-state index in [9.17, 15) is 0 Å². The van der Waals surface area contributed by atoms with Crippen LogP contribution in [0.3, 0.4) is 0 Å². The summed E-state index contributed by atoms with van der Waals surface area (Å²) >= 11 is 0. The minimum absolute atomic E-state index is 0.215. The third-order valence-electron chi connectivity index (χ3n) is 2.13. The van der Waals surface area contributed by atoms with E-state index in [-0.39, 0.29) is 6.04 Å². The average molecular weight is 223 g/mol. The Morgan fingerprint density at radius 1 is 1.25 bits per heavy atom. The summed E-state index contributed by atoms with van der Waals surface area (Å²) in [6, 6.07) is 2.13. The van der Waals surface area contributed by atoms with Gasteiger partial charge in [0.2, 0.25) is 0 Å². The van der Waals surface area contributed by atoms with Crippen molar-refractivity contribution in [2.45, 2.75) is 32.7 Å². The van der Waals surface area contributed by atoms with Gasteiger partial charge in [0.05, 0.1) is 0 Å². The fraction of sp³-hybridized carbons (Fsp3) is 0.636. The minimum Gasteiger partial charge on any atom is -0.370 e. The molecule has 1 heterocycles. The van der Waals surface area contributed by atoms with Gasteiger partial charge in [0.15, 0.2) is 0 Å². The van der Waals surface area contributed by atoms with Crippen LogP contribution in [0.15, 0.2) is 12.4 Å². The summed E-state index contributed by atoms with van der Waals surface area (Å²) in [5.74, 6) is 1.70. The number of anilines is 2. The lowest BCUT2D eigenvalue weighted by molar-refractivity contribution is 0.689. The summed E-state index contributed by atoms with van der Waals surface area (Å²) in [5, 5.41) is 6.44. The number of hydrogen-bond donors (Lipinski definition) is 3. The second-order valence-electron chi connectivity index (χ2n) is 3.91. The second-order valence-corrected chi connectivity index (χ2v) is 3.91. The Kier molecular flexibility index (Phi) is 5.56. The largest absolute Gasteiger partial charge is 0.370 e. The quantitative estimate of drug-likeness (QED) is 0.652. The summed E-state index contributed by atoms with van der Waals surface area (Å²) in [5.41, 5.74) is 5.67. The summed E-state index contributed by atoms with van der Waals surface area (Å²) < 4.78 is 0. The fourth-order valence-corrected chi connectivity index (χ4v) is 1.23. The number of aromatic nitrogens is 2. The van der Waals surface area contributed by atoms with E-state index in [2.05, 4.69) is 27.5 Å². The van der Waals surface area contributed by atoms with E-state index in [0.29, 0.717) is 0 Å². The molecule has 1 aromatic heterocycles. The molecule has 5 heteroatoms.